The van der Waals surface area contributed by atoms with E-state index in [0.717, 1.165) is 42.8 Å². The molecule has 0 radical (unpaired) electrons. The van der Waals surface area contributed by atoms with Crippen LogP contribution in [0.2, 0.25) is 0 Å². The van der Waals surface area contributed by atoms with Gasteiger partial charge in [-0.1, -0.05) is 48.6 Å². The topological polar surface area (TPSA) is 3.24 Å². The van der Waals surface area contributed by atoms with Gasteiger partial charge in [0.05, 0.1) is 33.2 Å². The number of hydrogen-bond donors (Lipinski definition) is 0. The Kier molecular flexibility index (Phi) is 5.25. The van der Waals surface area contributed by atoms with E-state index in [1.54, 1.807) is 0 Å². The normalized spacial score (nSPS) is 17.7. The highest BCUT2D eigenvalue weighted by Crippen LogP contribution is 2.20. The average Bonchev–Trinajstić information content (AvgIpc) is 2.47. The molecule has 2 rings (SSSR count). The molecule has 1 saturated heterocycles. The van der Waals surface area contributed by atoms with Gasteiger partial charge in [-0.25, -0.2) is 0 Å². The van der Waals surface area contributed by atoms with E-state index in [4.69, 9.17) is 0 Å². The van der Waals surface area contributed by atoms with E-state index in [2.05, 4.69) is 68.4 Å². The fourth-order valence-corrected chi connectivity index (χ4v) is 2.92. The smallest absolute Gasteiger partial charge is 0.104 e. The maximum absolute atomic E-state index is 4.20. The monoisotopic (exact) mass is 297 g/mol. The van der Waals surface area contributed by atoms with Crippen LogP contribution in [0.4, 0.5) is 5.69 Å². The fraction of sp³-hybridized carbons (Fsp3) is 0.400. The van der Waals surface area contributed by atoms with Crippen molar-refractivity contribution in [2.75, 3.05) is 44.7 Å². The van der Waals surface area contributed by atoms with E-state index in [1.807, 2.05) is 6.92 Å². The number of quaternary nitrogens is 1. The molecule has 1 heterocycles. The number of anilines is 1. The molecule has 1 aliphatic rings. The Balaban J connectivity index is 1.91. The number of hydrogen-bond acceptors (Lipinski definition) is 1. The van der Waals surface area contributed by atoms with Gasteiger partial charge >= 0.3 is 0 Å². The molecule has 0 unspecified atom stereocenters. The molecule has 0 atom stereocenters. The first kappa shape index (κ1) is 16.6. The largest absolute Gasteiger partial charge is 0.360 e. The van der Waals surface area contributed by atoms with Crippen LogP contribution in [0.1, 0.15) is 12.5 Å². The van der Waals surface area contributed by atoms with Crippen molar-refractivity contribution in [1.29, 1.82) is 0 Å². The third kappa shape index (κ3) is 4.60. The van der Waals surface area contributed by atoms with Gasteiger partial charge in [0, 0.05) is 5.69 Å². The minimum atomic E-state index is 1.02. The van der Waals surface area contributed by atoms with Crippen LogP contribution >= 0.6 is 0 Å². The second-order valence-corrected chi connectivity index (χ2v) is 6.89. The van der Waals surface area contributed by atoms with Crippen LogP contribution < -0.4 is 4.90 Å². The Morgan fingerprint density at radius 2 is 1.73 bits per heavy atom. The summed E-state index contributed by atoms with van der Waals surface area (Å²) in [4.78, 5) is 2.49. The van der Waals surface area contributed by atoms with Gasteiger partial charge in [-0.2, -0.15) is 0 Å². The Hall–Kier alpha value is -1.80. The Labute approximate surface area is 135 Å². The number of rotatable bonds is 5. The van der Waals surface area contributed by atoms with E-state index >= 15 is 0 Å². The molecule has 0 saturated carbocycles. The van der Waals surface area contributed by atoms with Crippen LogP contribution in [0.3, 0.4) is 0 Å². The van der Waals surface area contributed by atoms with Gasteiger partial charge in [0.2, 0.25) is 0 Å². The number of allylic oxidation sites excluding steroid dienone is 2. The van der Waals surface area contributed by atoms with Crippen LogP contribution in [0, 0.1) is 6.92 Å². The van der Waals surface area contributed by atoms with Gasteiger partial charge in [-0.3, -0.25) is 0 Å². The lowest BCUT2D eigenvalue weighted by Crippen LogP contribution is -2.57. The summed E-state index contributed by atoms with van der Waals surface area (Å²) >= 11 is 0. The molecule has 1 fully saturated rings. The molecule has 0 N–H and O–H groups in total. The molecular weight excluding hydrogens is 268 g/mol. The number of aryl methyl sites for hydroxylation is 1. The van der Waals surface area contributed by atoms with Crippen LogP contribution in [-0.2, 0) is 0 Å². The maximum atomic E-state index is 4.20. The first-order valence-corrected chi connectivity index (χ1v) is 8.04. The Morgan fingerprint density at radius 1 is 1.14 bits per heavy atom. The van der Waals surface area contributed by atoms with Crippen LogP contribution in [0.15, 0.2) is 60.7 Å². The number of benzene rings is 1. The molecule has 1 aromatic carbocycles. The summed E-state index contributed by atoms with van der Waals surface area (Å²) in [5.41, 5.74) is 4.93. The predicted molar refractivity (Wildman–Crippen MR) is 97.3 cm³/mol. The van der Waals surface area contributed by atoms with Crippen molar-refractivity contribution in [1.82, 2.24) is 0 Å². The molecule has 1 aliphatic heterocycles. The predicted octanol–water partition coefficient (Wildman–Crippen LogP) is 3.95. The first-order valence-electron chi connectivity index (χ1n) is 8.04. The maximum Gasteiger partial charge on any atom is 0.104 e. The summed E-state index contributed by atoms with van der Waals surface area (Å²) in [7, 11) is 2.34. The van der Waals surface area contributed by atoms with Crippen molar-refractivity contribution in [3.05, 3.63) is 66.3 Å². The van der Waals surface area contributed by atoms with Crippen molar-refractivity contribution in [2.45, 2.75) is 13.8 Å². The van der Waals surface area contributed by atoms with Gasteiger partial charge in [0.15, 0.2) is 0 Å². The Bertz CT molecular complexity index is 558. The van der Waals surface area contributed by atoms with Gasteiger partial charge in [-0.05, 0) is 31.6 Å². The minimum absolute atomic E-state index is 1.02. The molecule has 0 aliphatic carbocycles. The second-order valence-electron chi connectivity index (χ2n) is 6.89. The molecule has 118 valence electrons. The van der Waals surface area contributed by atoms with Crippen molar-refractivity contribution in [2.24, 2.45) is 0 Å². The van der Waals surface area contributed by atoms with Gasteiger partial charge < -0.3 is 9.38 Å². The van der Waals surface area contributed by atoms with Crippen molar-refractivity contribution >= 4 is 5.69 Å². The summed E-state index contributed by atoms with van der Waals surface area (Å²) in [5, 5.41) is 0. The quantitative estimate of drug-likeness (QED) is 0.587. The van der Waals surface area contributed by atoms with Crippen molar-refractivity contribution < 1.29 is 4.48 Å². The third-order valence-corrected chi connectivity index (χ3v) is 4.41. The molecule has 2 nitrogen and oxygen atoms in total. The molecule has 0 bridgehead atoms. The molecule has 0 amide bonds. The van der Waals surface area contributed by atoms with Crippen molar-refractivity contribution in [3.63, 3.8) is 0 Å². The van der Waals surface area contributed by atoms with Gasteiger partial charge in [-0.15, -0.1) is 0 Å². The Morgan fingerprint density at radius 3 is 2.27 bits per heavy atom. The van der Waals surface area contributed by atoms with Gasteiger partial charge in [0.1, 0.15) is 6.54 Å². The lowest BCUT2D eigenvalue weighted by atomic mass is 10.1. The minimum Gasteiger partial charge on any atom is -0.360 e. The van der Waals surface area contributed by atoms with Crippen molar-refractivity contribution in [3.8, 4) is 0 Å². The highest BCUT2D eigenvalue weighted by Gasteiger charge is 2.28. The average molecular weight is 297 g/mol. The van der Waals surface area contributed by atoms with E-state index in [9.17, 15) is 0 Å². The summed E-state index contributed by atoms with van der Waals surface area (Å²) < 4.78 is 1.07. The summed E-state index contributed by atoms with van der Waals surface area (Å²) in [6.45, 7) is 17.8. The summed E-state index contributed by atoms with van der Waals surface area (Å²) in [6.07, 6.45) is 4.16. The number of piperazine rings is 1. The number of nitrogens with zero attached hydrogens (tertiary/aromatic N) is 2. The van der Waals surface area contributed by atoms with Gasteiger partial charge in [0.25, 0.3) is 0 Å². The zero-order valence-electron chi connectivity index (χ0n) is 14.3. The molecule has 2 heteroatoms. The third-order valence-electron chi connectivity index (χ3n) is 4.41. The van der Waals surface area contributed by atoms with Crippen LogP contribution in [0.5, 0.6) is 0 Å². The van der Waals surface area contributed by atoms with E-state index in [1.165, 1.54) is 16.8 Å². The molecule has 0 spiro atoms. The highest BCUT2D eigenvalue weighted by atomic mass is 15.4. The standard InChI is InChI=1S/C20H29N2/c1-17(2)6-7-19(4)16-22(5)14-12-21(13-15-22)20-10-8-18(3)9-11-20/h6-11H,1,4,12-16H2,2-3,5H3/q+1/b7-6-. The van der Waals surface area contributed by atoms with Crippen LogP contribution in [-0.4, -0.2) is 44.3 Å². The zero-order valence-corrected chi connectivity index (χ0v) is 14.3. The molecular formula is C20H29N2+. The molecule has 1 aromatic rings. The lowest BCUT2D eigenvalue weighted by molar-refractivity contribution is -0.905. The highest BCUT2D eigenvalue weighted by molar-refractivity contribution is 5.47. The zero-order chi connectivity index (χ0) is 16.2. The fourth-order valence-electron chi connectivity index (χ4n) is 2.92. The lowest BCUT2D eigenvalue weighted by Gasteiger charge is -2.43. The van der Waals surface area contributed by atoms with E-state index in [0.29, 0.717) is 0 Å². The van der Waals surface area contributed by atoms with E-state index < -0.39 is 0 Å². The summed E-state index contributed by atoms with van der Waals surface area (Å²) in [5.74, 6) is 0. The summed E-state index contributed by atoms with van der Waals surface area (Å²) in [6, 6.07) is 8.86. The van der Waals surface area contributed by atoms with Crippen LogP contribution in [0.25, 0.3) is 0 Å². The SMILES string of the molecule is C=C(C)/C=C\C(=C)C[N+]1(C)CCN(c2ccc(C)cc2)CC1. The van der Waals surface area contributed by atoms with E-state index in [-0.39, 0.29) is 0 Å². The first-order chi connectivity index (χ1) is 10.4. The second kappa shape index (κ2) is 6.97. The molecule has 0 aromatic heterocycles. The number of likely N-dealkylation sites (N-methyl/N-ethyl adjacent to an activating group) is 1. The molecule has 22 heavy (non-hydrogen) atoms.